The van der Waals surface area contributed by atoms with Crippen molar-refractivity contribution in [1.82, 2.24) is 0 Å². The number of rotatable bonds is 3. The zero-order chi connectivity index (χ0) is 10.8. The van der Waals surface area contributed by atoms with Gasteiger partial charge in [-0.1, -0.05) is 6.07 Å². The van der Waals surface area contributed by atoms with Crippen LogP contribution in [0.3, 0.4) is 0 Å². The summed E-state index contributed by atoms with van der Waals surface area (Å²) >= 11 is 3.37. The van der Waals surface area contributed by atoms with Crippen LogP contribution in [0.15, 0.2) is 22.7 Å². The van der Waals surface area contributed by atoms with E-state index in [4.69, 9.17) is 15.6 Å². The number of methoxy groups -OCH3 is 1. The van der Waals surface area contributed by atoms with Crippen molar-refractivity contribution in [3.63, 3.8) is 0 Å². The minimum atomic E-state index is -0.714. The Morgan fingerprint density at radius 3 is 2.64 bits per heavy atom. The molecule has 1 aromatic rings. The average molecular weight is 260 g/mol. The number of aliphatic hydroxyl groups excluding tert-OH is 1. The summed E-state index contributed by atoms with van der Waals surface area (Å²) in [7, 11) is 1.60. The van der Waals surface area contributed by atoms with E-state index in [1.807, 2.05) is 18.2 Å². The van der Waals surface area contributed by atoms with Gasteiger partial charge in [0.05, 0.1) is 23.7 Å². The Balaban J connectivity index is 3.08. The maximum absolute atomic E-state index is 9.09. The first-order chi connectivity index (χ1) is 6.51. The minimum Gasteiger partial charge on any atom is -0.496 e. The van der Waals surface area contributed by atoms with E-state index >= 15 is 0 Å². The van der Waals surface area contributed by atoms with Gasteiger partial charge in [0.1, 0.15) is 5.75 Å². The molecule has 0 fully saturated rings. The summed E-state index contributed by atoms with van der Waals surface area (Å²) in [6, 6.07) is 5.52. The summed E-state index contributed by atoms with van der Waals surface area (Å²) in [5.74, 6) is 0.752. The van der Waals surface area contributed by atoms with Crippen molar-refractivity contribution >= 4 is 15.9 Å². The third-order valence-electron chi connectivity index (χ3n) is 2.14. The van der Waals surface area contributed by atoms with E-state index in [0.717, 1.165) is 15.8 Å². The average Bonchev–Trinajstić information content (AvgIpc) is 2.17. The molecule has 0 bridgehead atoms. The lowest BCUT2D eigenvalue weighted by Crippen LogP contribution is -2.36. The van der Waals surface area contributed by atoms with Crippen molar-refractivity contribution in [3.05, 3.63) is 28.2 Å². The highest BCUT2D eigenvalue weighted by atomic mass is 79.9. The van der Waals surface area contributed by atoms with Gasteiger partial charge in [-0.3, -0.25) is 0 Å². The second-order valence-electron chi connectivity index (χ2n) is 3.42. The Morgan fingerprint density at radius 2 is 2.21 bits per heavy atom. The number of hydrogen-bond acceptors (Lipinski definition) is 3. The predicted molar refractivity (Wildman–Crippen MR) is 59.3 cm³/mol. The van der Waals surface area contributed by atoms with Crippen molar-refractivity contribution in [2.24, 2.45) is 5.73 Å². The van der Waals surface area contributed by atoms with Gasteiger partial charge in [0.15, 0.2) is 0 Å². The van der Waals surface area contributed by atoms with Crippen LogP contribution in [-0.2, 0) is 5.54 Å². The van der Waals surface area contributed by atoms with Gasteiger partial charge in [0.25, 0.3) is 0 Å². The maximum Gasteiger partial charge on any atom is 0.133 e. The van der Waals surface area contributed by atoms with Gasteiger partial charge in [-0.05, 0) is 40.5 Å². The molecular weight excluding hydrogens is 246 g/mol. The molecule has 14 heavy (non-hydrogen) atoms. The molecule has 0 spiro atoms. The highest BCUT2D eigenvalue weighted by Gasteiger charge is 2.20. The van der Waals surface area contributed by atoms with E-state index in [2.05, 4.69) is 15.9 Å². The molecule has 1 rings (SSSR count). The summed E-state index contributed by atoms with van der Waals surface area (Å²) < 4.78 is 5.93. The summed E-state index contributed by atoms with van der Waals surface area (Å²) in [5.41, 5.74) is 6.04. The Labute approximate surface area is 92.0 Å². The molecular formula is C10H14BrNO2. The normalized spacial score (nSPS) is 14.9. The Hall–Kier alpha value is -0.580. The molecule has 0 saturated carbocycles. The Morgan fingerprint density at radius 1 is 1.57 bits per heavy atom. The quantitative estimate of drug-likeness (QED) is 0.868. The fraction of sp³-hybridized carbons (Fsp3) is 0.400. The monoisotopic (exact) mass is 259 g/mol. The van der Waals surface area contributed by atoms with Crippen LogP contribution in [0.25, 0.3) is 0 Å². The number of aliphatic hydroxyl groups is 1. The molecule has 3 N–H and O–H groups in total. The molecule has 0 saturated heterocycles. The smallest absolute Gasteiger partial charge is 0.133 e. The van der Waals surface area contributed by atoms with E-state index in [-0.39, 0.29) is 6.61 Å². The van der Waals surface area contributed by atoms with Crippen LogP contribution < -0.4 is 10.5 Å². The summed E-state index contributed by atoms with van der Waals surface area (Å²) in [4.78, 5) is 0. The topological polar surface area (TPSA) is 55.5 Å². The highest BCUT2D eigenvalue weighted by molar-refractivity contribution is 9.10. The lowest BCUT2D eigenvalue weighted by Gasteiger charge is -2.22. The van der Waals surface area contributed by atoms with Crippen LogP contribution in [0.2, 0.25) is 0 Å². The fourth-order valence-electron chi connectivity index (χ4n) is 1.11. The van der Waals surface area contributed by atoms with Crippen LogP contribution >= 0.6 is 15.9 Å². The predicted octanol–water partition coefficient (Wildman–Crippen LogP) is 1.62. The van der Waals surface area contributed by atoms with Gasteiger partial charge in [-0.15, -0.1) is 0 Å². The van der Waals surface area contributed by atoms with Crippen molar-refractivity contribution < 1.29 is 9.84 Å². The molecule has 0 radical (unpaired) electrons. The molecule has 1 unspecified atom stereocenters. The fourth-order valence-corrected chi connectivity index (χ4v) is 1.65. The SMILES string of the molecule is COc1ccc(C(C)(N)CO)cc1Br. The molecule has 0 aromatic heterocycles. The second kappa shape index (κ2) is 4.29. The summed E-state index contributed by atoms with van der Waals surface area (Å²) in [6.45, 7) is 1.69. The lowest BCUT2D eigenvalue weighted by molar-refractivity contribution is 0.210. The van der Waals surface area contributed by atoms with E-state index in [9.17, 15) is 0 Å². The maximum atomic E-state index is 9.09. The van der Waals surface area contributed by atoms with Gasteiger partial charge < -0.3 is 15.6 Å². The van der Waals surface area contributed by atoms with Crippen molar-refractivity contribution in [3.8, 4) is 5.75 Å². The van der Waals surface area contributed by atoms with Gasteiger partial charge in [-0.2, -0.15) is 0 Å². The van der Waals surface area contributed by atoms with E-state index in [1.54, 1.807) is 14.0 Å². The van der Waals surface area contributed by atoms with E-state index in [1.165, 1.54) is 0 Å². The number of hydrogen-bond donors (Lipinski definition) is 2. The molecule has 0 amide bonds. The molecule has 4 heteroatoms. The van der Waals surface area contributed by atoms with Gasteiger partial charge >= 0.3 is 0 Å². The van der Waals surface area contributed by atoms with Crippen LogP contribution in [0.1, 0.15) is 12.5 Å². The highest BCUT2D eigenvalue weighted by Crippen LogP contribution is 2.29. The first-order valence-electron chi connectivity index (χ1n) is 4.25. The van der Waals surface area contributed by atoms with Gasteiger partial charge in [-0.25, -0.2) is 0 Å². The summed E-state index contributed by atoms with van der Waals surface area (Å²) in [6.07, 6.45) is 0. The standard InChI is InChI=1S/C10H14BrNO2/c1-10(12,6-13)7-3-4-9(14-2)8(11)5-7/h3-5,13H,6,12H2,1-2H3. The van der Waals surface area contributed by atoms with Crippen molar-refractivity contribution in [2.75, 3.05) is 13.7 Å². The first-order valence-corrected chi connectivity index (χ1v) is 5.04. The first kappa shape index (κ1) is 11.5. The molecule has 1 aromatic carbocycles. The molecule has 1 atom stereocenters. The molecule has 0 aliphatic carbocycles. The summed E-state index contributed by atoms with van der Waals surface area (Å²) in [5, 5.41) is 9.09. The lowest BCUT2D eigenvalue weighted by atomic mass is 9.94. The zero-order valence-corrected chi connectivity index (χ0v) is 9.84. The minimum absolute atomic E-state index is 0.0915. The molecule has 0 aliphatic heterocycles. The van der Waals surface area contributed by atoms with Crippen LogP contribution in [0, 0.1) is 0 Å². The van der Waals surface area contributed by atoms with E-state index < -0.39 is 5.54 Å². The third kappa shape index (κ3) is 2.26. The zero-order valence-electron chi connectivity index (χ0n) is 8.25. The Kier molecular flexibility index (Phi) is 3.53. The second-order valence-corrected chi connectivity index (χ2v) is 4.28. The van der Waals surface area contributed by atoms with Crippen LogP contribution in [0.5, 0.6) is 5.75 Å². The molecule has 0 aliphatic rings. The van der Waals surface area contributed by atoms with Crippen LogP contribution in [-0.4, -0.2) is 18.8 Å². The number of benzene rings is 1. The number of ether oxygens (including phenoxy) is 1. The molecule has 3 nitrogen and oxygen atoms in total. The van der Waals surface area contributed by atoms with Gasteiger partial charge in [0.2, 0.25) is 0 Å². The van der Waals surface area contributed by atoms with Gasteiger partial charge in [0, 0.05) is 0 Å². The Bertz CT molecular complexity index is 326. The molecule has 0 heterocycles. The van der Waals surface area contributed by atoms with Crippen molar-refractivity contribution in [2.45, 2.75) is 12.5 Å². The largest absolute Gasteiger partial charge is 0.496 e. The van der Waals surface area contributed by atoms with Crippen LogP contribution in [0.4, 0.5) is 0 Å². The van der Waals surface area contributed by atoms with E-state index in [0.29, 0.717) is 0 Å². The third-order valence-corrected chi connectivity index (χ3v) is 2.76. The van der Waals surface area contributed by atoms with Crippen molar-refractivity contribution in [1.29, 1.82) is 0 Å². The number of nitrogens with two attached hydrogens (primary N) is 1. The molecule has 78 valence electrons. The number of halogens is 1.